The lowest BCUT2D eigenvalue weighted by Gasteiger charge is -2.14. The molecule has 1 unspecified atom stereocenters. The van der Waals surface area contributed by atoms with Gasteiger partial charge in [-0.25, -0.2) is 0 Å². The van der Waals surface area contributed by atoms with Gasteiger partial charge in [0.15, 0.2) is 0 Å². The van der Waals surface area contributed by atoms with Crippen molar-refractivity contribution in [1.82, 2.24) is 0 Å². The number of rotatable bonds is 0. The van der Waals surface area contributed by atoms with Crippen molar-refractivity contribution >= 4 is 10.8 Å². The standard InChI is InChI=1S/C14H15NO/c15-13-7-8-16-9-11-6-5-10-3-1-2-4-12(10)14(11)13/h1-6,13H,7-9,15H2. The Kier molecular flexibility index (Phi) is 2.39. The Morgan fingerprint density at radius 3 is 2.94 bits per heavy atom. The molecule has 1 aliphatic heterocycles. The van der Waals surface area contributed by atoms with Crippen LogP contribution in [0.25, 0.3) is 10.8 Å². The van der Waals surface area contributed by atoms with Gasteiger partial charge in [-0.15, -0.1) is 0 Å². The second-order valence-electron chi connectivity index (χ2n) is 4.31. The maximum absolute atomic E-state index is 6.23. The highest BCUT2D eigenvalue weighted by molar-refractivity contribution is 5.87. The van der Waals surface area contributed by atoms with Crippen LogP contribution in [-0.4, -0.2) is 6.61 Å². The van der Waals surface area contributed by atoms with E-state index in [2.05, 4.69) is 36.4 Å². The molecule has 2 N–H and O–H groups in total. The lowest BCUT2D eigenvalue weighted by molar-refractivity contribution is 0.122. The SMILES string of the molecule is NC1CCOCc2ccc3ccccc3c21. The molecular formula is C14H15NO. The highest BCUT2D eigenvalue weighted by atomic mass is 16.5. The molecule has 2 heteroatoms. The summed E-state index contributed by atoms with van der Waals surface area (Å²) in [6.07, 6.45) is 0.904. The van der Waals surface area contributed by atoms with Gasteiger partial charge in [-0.05, 0) is 28.3 Å². The highest BCUT2D eigenvalue weighted by Gasteiger charge is 2.17. The van der Waals surface area contributed by atoms with Crippen LogP contribution in [0, 0.1) is 0 Å². The summed E-state index contributed by atoms with van der Waals surface area (Å²) in [6, 6.07) is 12.8. The first kappa shape index (κ1) is 9.82. The Morgan fingerprint density at radius 1 is 1.12 bits per heavy atom. The average Bonchev–Trinajstić information content (AvgIpc) is 2.51. The largest absolute Gasteiger partial charge is 0.377 e. The zero-order valence-electron chi connectivity index (χ0n) is 9.15. The normalized spacial score (nSPS) is 20.4. The Bertz CT molecular complexity index is 521. The molecule has 16 heavy (non-hydrogen) atoms. The molecule has 1 atom stereocenters. The van der Waals surface area contributed by atoms with Gasteiger partial charge in [-0.3, -0.25) is 0 Å². The lowest BCUT2D eigenvalue weighted by atomic mass is 9.93. The lowest BCUT2D eigenvalue weighted by Crippen LogP contribution is -2.12. The van der Waals surface area contributed by atoms with E-state index in [-0.39, 0.29) is 6.04 Å². The summed E-state index contributed by atoms with van der Waals surface area (Å²) in [6.45, 7) is 1.44. The fraction of sp³-hybridized carbons (Fsp3) is 0.286. The first-order valence-electron chi connectivity index (χ1n) is 5.70. The van der Waals surface area contributed by atoms with Crippen molar-refractivity contribution in [3.05, 3.63) is 47.5 Å². The summed E-state index contributed by atoms with van der Waals surface area (Å²) in [7, 11) is 0. The van der Waals surface area contributed by atoms with Gasteiger partial charge in [0.25, 0.3) is 0 Å². The molecule has 0 amide bonds. The van der Waals surface area contributed by atoms with Gasteiger partial charge in [0.1, 0.15) is 0 Å². The molecule has 0 fully saturated rings. The minimum Gasteiger partial charge on any atom is -0.377 e. The molecule has 0 saturated heterocycles. The molecule has 2 aromatic carbocycles. The molecule has 0 saturated carbocycles. The van der Waals surface area contributed by atoms with E-state index in [0.29, 0.717) is 6.61 Å². The van der Waals surface area contributed by atoms with E-state index in [1.165, 1.54) is 21.9 Å². The summed E-state index contributed by atoms with van der Waals surface area (Å²) in [5, 5.41) is 2.54. The predicted molar refractivity (Wildman–Crippen MR) is 65.1 cm³/mol. The van der Waals surface area contributed by atoms with Crippen LogP contribution >= 0.6 is 0 Å². The van der Waals surface area contributed by atoms with Crippen molar-refractivity contribution in [2.24, 2.45) is 5.73 Å². The number of ether oxygens (including phenoxy) is 1. The number of hydrogen-bond acceptors (Lipinski definition) is 2. The average molecular weight is 213 g/mol. The molecule has 1 aliphatic rings. The van der Waals surface area contributed by atoms with Gasteiger partial charge in [0, 0.05) is 12.6 Å². The van der Waals surface area contributed by atoms with Crippen LogP contribution in [0.5, 0.6) is 0 Å². The Hall–Kier alpha value is -1.38. The van der Waals surface area contributed by atoms with Crippen LogP contribution in [0.15, 0.2) is 36.4 Å². The van der Waals surface area contributed by atoms with Crippen molar-refractivity contribution in [3.63, 3.8) is 0 Å². The van der Waals surface area contributed by atoms with Gasteiger partial charge in [0.05, 0.1) is 6.61 Å². The van der Waals surface area contributed by atoms with Crippen molar-refractivity contribution in [2.45, 2.75) is 19.1 Å². The number of nitrogens with two attached hydrogens (primary N) is 1. The van der Waals surface area contributed by atoms with E-state index in [9.17, 15) is 0 Å². The Balaban J connectivity index is 2.30. The first-order chi connectivity index (χ1) is 7.86. The molecule has 2 aromatic rings. The molecular weight excluding hydrogens is 198 g/mol. The minimum atomic E-state index is 0.101. The van der Waals surface area contributed by atoms with E-state index in [4.69, 9.17) is 10.5 Å². The maximum Gasteiger partial charge on any atom is 0.0720 e. The van der Waals surface area contributed by atoms with Crippen LogP contribution in [0.3, 0.4) is 0 Å². The van der Waals surface area contributed by atoms with Crippen molar-refractivity contribution in [1.29, 1.82) is 0 Å². The second kappa shape index (κ2) is 3.89. The zero-order valence-corrected chi connectivity index (χ0v) is 9.15. The number of fused-ring (bicyclic) bond motifs is 3. The monoisotopic (exact) mass is 213 g/mol. The summed E-state index contributed by atoms with van der Waals surface area (Å²) in [4.78, 5) is 0. The van der Waals surface area contributed by atoms with Gasteiger partial charge < -0.3 is 10.5 Å². The molecule has 0 radical (unpaired) electrons. The van der Waals surface area contributed by atoms with E-state index >= 15 is 0 Å². The van der Waals surface area contributed by atoms with Gasteiger partial charge in [-0.2, -0.15) is 0 Å². The van der Waals surface area contributed by atoms with Crippen molar-refractivity contribution in [2.75, 3.05) is 6.61 Å². The predicted octanol–water partition coefficient (Wildman–Crippen LogP) is 2.76. The summed E-state index contributed by atoms with van der Waals surface area (Å²) < 4.78 is 5.56. The van der Waals surface area contributed by atoms with Crippen molar-refractivity contribution in [3.8, 4) is 0 Å². The van der Waals surface area contributed by atoms with Crippen LogP contribution in [0.2, 0.25) is 0 Å². The fourth-order valence-corrected chi connectivity index (χ4v) is 2.44. The van der Waals surface area contributed by atoms with Crippen LogP contribution < -0.4 is 5.73 Å². The van der Waals surface area contributed by atoms with Crippen LogP contribution in [-0.2, 0) is 11.3 Å². The molecule has 0 aliphatic carbocycles. The minimum absolute atomic E-state index is 0.101. The van der Waals surface area contributed by atoms with E-state index < -0.39 is 0 Å². The summed E-state index contributed by atoms with van der Waals surface area (Å²) >= 11 is 0. The van der Waals surface area contributed by atoms with Crippen LogP contribution in [0.4, 0.5) is 0 Å². The third-order valence-corrected chi connectivity index (χ3v) is 3.26. The molecule has 0 aromatic heterocycles. The first-order valence-corrected chi connectivity index (χ1v) is 5.70. The molecule has 82 valence electrons. The smallest absolute Gasteiger partial charge is 0.0720 e. The number of benzene rings is 2. The summed E-state index contributed by atoms with van der Waals surface area (Å²) in [5.74, 6) is 0. The molecule has 3 rings (SSSR count). The zero-order chi connectivity index (χ0) is 11.0. The molecule has 0 spiro atoms. The van der Waals surface area contributed by atoms with Gasteiger partial charge >= 0.3 is 0 Å². The second-order valence-corrected chi connectivity index (χ2v) is 4.31. The quantitative estimate of drug-likeness (QED) is 0.730. The third-order valence-electron chi connectivity index (χ3n) is 3.26. The van der Waals surface area contributed by atoms with Gasteiger partial charge in [0.2, 0.25) is 0 Å². The maximum atomic E-state index is 6.23. The number of hydrogen-bond donors (Lipinski definition) is 1. The molecule has 2 nitrogen and oxygen atoms in total. The van der Waals surface area contributed by atoms with Crippen molar-refractivity contribution < 1.29 is 4.74 Å². The third kappa shape index (κ3) is 1.51. The van der Waals surface area contributed by atoms with E-state index in [1.54, 1.807) is 0 Å². The Morgan fingerprint density at radius 2 is 2.00 bits per heavy atom. The summed E-state index contributed by atoms with van der Waals surface area (Å²) in [5.41, 5.74) is 8.75. The van der Waals surface area contributed by atoms with Crippen LogP contribution in [0.1, 0.15) is 23.6 Å². The van der Waals surface area contributed by atoms with E-state index in [1.807, 2.05) is 0 Å². The highest BCUT2D eigenvalue weighted by Crippen LogP contribution is 2.30. The molecule has 0 bridgehead atoms. The fourth-order valence-electron chi connectivity index (χ4n) is 2.44. The Labute approximate surface area is 95.0 Å². The van der Waals surface area contributed by atoms with Gasteiger partial charge in [-0.1, -0.05) is 36.4 Å². The van der Waals surface area contributed by atoms with E-state index in [0.717, 1.165) is 13.0 Å². The molecule has 1 heterocycles. The topological polar surface area (TPSA) is 35.2 Å².